The van der Waals surface area contributed by atoms with Crippen LogP contribution in [0.25, 0.3) is 0 Å². The van der Waals surface area contributed by atoms with Crippen LogP contribution >= 0.6 is 11.3 Å². The summed E-state index contributed by atoms with van der Waals surface area (Å²) >= 11 is 1.41. The molecule has 0 saturated heterocycles. The Kier molecular flexibility index (Phi) is 7.06. The maximum atomic E-state index is 13.4. The number of carbonyl (C=O) groups excluding carboxylic acids is 3. The number of nitrogens with zero attached hydrogens (tertiary/aromatic N) is 1. The average Bonchev–Trinajstić information content (AvgIpc) is 3.59. The van der Waals surface area contributed by atoms with Crippen LogP contribution in [0, 0.1) is 0 Å². The Morgan fingerprint density at radius 3 is 2.50 bits per heavy atom. The van der Waals surface area contributed by atoms with Crippen molar-refractivity contribution in [3.05, 3.63) is 70.7 Å². The first-order valence-corrected chi connectivity index (χ1v) is 11.5. The van der Waals surface area contributed by atoms with E-state index in [2.05, 4.69) is 10.6 Å². The van der Waals surface area contributed by atoms with E-state index in [9.17, 15) is 14.4 Å². The maximum absolute atomic E-state index is 13.4. The van der Waals surface area contributed by atoms with E-state index < -0.39 is 17.9 Å². The number of hydrogen-bond donors (Lipinski definition) is 2. The lowest BCUT2D eigenvalue weighted by molar-refractivity contribution is -0.141. The fourth-order valence-electron chi connectivity index (χ4n) is 3.87. The summed E-state index contributed by atoms with van der Waals surface area (Å²) in [6.45, 7) is -0.179. The molecule has 0 radical (unpaired) electrons. The summed E-state index contributed by atoms with van der Waals surface area (Å²) in [5.74, 6) is -0.461. The highest BCUT2D eigenvalue weighted by molar-refractivity contribution is 7.10. The summed E-state index contributed by atoms with van der Waals surface area (Å²) < 4.78 is 10.5. The molecule has 0 spiro atoms. The third-order valence-electron chi connectivity index (χ3n) is 5.45. The third kappa shape index (κ3) is 5.28. The van der Waals surface area contributed by atoms with Gasteiger partial charge in [-0.05, 0) is 48.6 Å². The molecule has 0 bridgehead atoms. The topological polar surface area (TPSA) is 105 Å². The van der Waals surface area contributed by atoms with Gasteiger partial charge >= 0.3 is 0 Å². The molecule has 3 aromatic heterocycles. The van der Waals surface area contributed by atoms with Crippen molar-refractivity contribution >= 4 is 29.1 Å². The minimum atomic E-state index is -0.825. The fourth-order valence-corrected chi connectivity index (χ4v) is 4.70. The maximum Gasteiger partial charge on any atom is 0.287 e. The van der Waals surface area contributed by atoms with Gasteiger partial charge in [-0.1, -0.05) is 18.9 Å². The third-order valence-corrected chi connectivity index (χ3v) is 6.37. The van der Waals surface area contributed by atoms with E-state index in [-0.39, 0.29) is 30.8 Å². The normalized spacial score (nSPS) is 14.8. The largest absolute Gasteiger partial charge is 0.467 e. The Morgan fingerprint density at radius 1 is 1.06 bits per heavy atom. The molecule has 32 heavy (non-hydrogen) atoms. The number of furan rings is 2. The van der Waals surface area contributed by atoms with Crippen LogP contribution in [0.3, 0.4) is 0 Å². The second-order valence-electron chi connectivity index (χ2n) is 7.67. The molecule has 4 rings (SSSR count). The van der Waals surface area contributed by atoms with Gasteiger partial charge in [0.1, 0.15) is 11.8 Å². The van der Waals surface area contributed by atoms with E-state index in [0.717, 1.165) is 30.6 Å². The van der Waals surface area contributed by atoms with Crippen molar-refractivity contribution < 1.29 is 23.2 Å². The Bertz CT molecular complexity index is 1010. The van der Waals surface area contributed by atoms with Gasteiger partial charge in [0.15, 0.2) is 5.76 Å². The molecule has 1 saturated carbocycles. The summed E-state index contributed by atoms with van der Waals surface area (Å²) in [6.07, 6.45) is 6.96. The van der Waals surface area contributed by atoms with E-state index in [0.29, 0.717) is 5.76 Å². The van der Waals surface area contributed by atoms with E-state index in [4.69, 9.17) is 8.83 Å². The van der Waals surface area contributed by atoms with E-state index >= 15 is 0 Å². The number of thiophene rings is 1. The van der Waals surface area contributed by atoms with Gasteiger partial charge in [-0.15, -0.1) is 11.3 Å². The zero-order chi connectivity index (χ0) is 22.3. The van der Waals surface area contributed by atoms with Crippen LogP contribution in [0.1, 0.15) is 52.9 Å². The standard InChI is InChI=1S/C23H25N3O5S/c27-20(14-24-22(28)18-9-4-12-31-18)26(15-17-8-3-11-30-17)21(19-10-5-13-32-19)23(29)25-16-6-1-2-7-16/h3-5,8-13,16,21H,1-2,6-7,14-15H2,(H,24,28)(H,25,29). The molecule has 8 nitrogen and oxygen atoms in total. The van der Waals surface area contributed by atoms with Gasteiger partial charge in [-0.25, -0.2) is 0 Å². The number of hydrogen-bond acceptors (Lipinski definition) is 6. The summed E-state index contributed by atoms with van der Waals surface area (Å²) in [7, 11) is 0. The van der Waals surface area contributed by atoms with Crippen molar-refractivity contribution in [3.63, 3.8) is 0 Å². The van der Waals surface area contributed by atoms with Crippen LogP contribution in [0.15, 0.2) is 63.1 Å². The number of nitrogens with one attached hydrogen (secondary N) is 2. The van der Waals surface area contributed by atoms with Gasteiger partial charge in [0.05, 0.1) is 25.6 Å². The first kappa shape index (κ1) is 21.9. The smallest absolute Gasteiger partial charge is 0.287 e. The van der Waals surface area contributed by atoms with E-state index in [1.54, 1.807) is 18.2 Å². The van der Waals surface area contributed by atoms with Crippen molar-refractivity contribution in [2.75, 3.05) is 6.54 Å². The minimum absolute atomic E-state index is 0.100. The van der Waals surface area contributed by atoms with Gasteiger partial charge < -0.3 is 24.4 Å². The van der Waals surface area contributed by atoms with Crippen LogP contribution in [0.4, 0.5) is 0 Å². The molecule has 9 heteroatoms. The Labute approximate surface area is 189 Å². The molecule has 3 heterocycles. The van der Waals surface area contributed by atoms with Crippen molar-refractivity contribution in [1.29, 1.82) is 0 Å². The predicted octanol–water partition coefficient (Wildman–Crippen LogP) is 3.49. The summed E-state index contributed by atoms with van der Waals surface area (Å²) in [4.78, 5) is 41.1. The first-order chi connectivity index (χ1) is 15.6. The lowest BCUT2D eigenvalue weighted by Crippen LogP contribution is -2.48. The molecule has 1 fully saturated rings. The van der Waals surface area contributed by atoms with Crippen molar-refractivity contribution in [1.82, 2.24) is 15.5 Å². The van der Waals surface area contributed by atoms with Crippen LogP contribution < -0.4 is 10.6 Å². The van der Waals surface area contributed by atoms with Crippen LogP contribution in [-0.4, -0.2) is 35.2 Å². The molecule has 168 valence electrons. The molecular formula is C23H25N3O5S. The Hall–Kier alpha value is -3.33. The first-order valence-electron chi connectivity index (χ1n) is 10.6. The van der Waals surface area contributed by atoms with Gasteiger partial charge in [-0.2, -0.15) is 0 Å². The lowest BCUT2D eigenvalue weighted by Gasteiger charge is -2.31. The molecule has 0 aliphatic heterocycles. The lowest BCUT2D eigenvalue weighted by atomic mass is 10.1. The van der Waals surface area contributed by atoms with Gasteiger partial charge in [-0.3, -0.25) is 14.4 Å². The van der Waals surface area contributed by atoms with E-state index in [1.165, 1.54) is 34.8 Å². The molecule has 1 unspecified atom stereocenters. The second kappa shape index (κ2) is 10.3. The van der Waals surface area contributed by atoms with Gasteiger partial charge in [0.2, 0.25) is 11.8 Å². The highest BCUT2D eigenvalue weighted by Crippen LogP contribution is 2.29. The molecule has 3 amide bonds. The highest BCUT2D eigenvalue weighted by atomic mass is 32.1. The van der Waals surface area contributed by atoms with Crippen molar-refractivity contribution in [3.8, 4) is 0 Å². The monoisotopic (exact) mass is 455 g/mol. The van der Waals surface area contributed by atoms with Crippen LogP contribution in [0.5, 0.6) is 0 Å². The molecular weight excluding hydrogens is 430 g/mol. The summed E-state index contributed by atoms with van der Waals surface area (Å²) in [5, 5.41) is 7.56. The van der Waals surface area contributed by atoms with Crippen molar-refractivity contribution in [2.45, 2.75) is 44.3 Å². The van der Waals surface area contributed by atoms with Gasteiger partial charge in [0.25, 0.3) is 5.91 Å². The van der Waals surface area contributed by atoms with Crippen LogP contribution in [0.2, 0.25) is 0 Å². The summed E-state index contributed by atoms with van der Waals surface area (Å²) in [6, 6.07) is 9.58. The number of amides is 3. The Balaban J connectivity index is 1.55. The number of carbonyl (C=O) groups is 3. The second-order valence-corrected chi connectivity index (χ2v) is 8.65. The fraction of sp³-hybridized carbons (Fsp3) is 0.348. The zero-order valence-corrected chi connectivity index (χ0v) is 18.3. The van der Waals surface area contributed by atoms with Crippen molar-refractivity contribution in [2.24, 2.45) is 0 Å². The highest BCUT2D eigenvalue weighted by Gasteiger charge is 2.34. The van der Waals surface area contributed by atoms with Gasteiger partial charge in [0, 0.05) is 10.9 Å². The van der Waals surface area contributed by atoms with Crippen LogP contribution in [-0.2, 0) is 16.1 Å². The predicted molar refractivity (Wildman–Crippen MR) is 118 cm³/mol. The van der Waals surface area contributed by atoms with E-state index in [1.807, 2.05) is 17.5 Å². The minimum Gasteiger partial charge on any atom is -0.467 e. The molecule has 3 aromatic rings. The zero-order valence-electron chi connectivity index (χ0n) is 17.5. The molecule has 1 aliphatic rings. The Morgan fingerprint density at radius 2 is 1.84 bits per heavy atom. The quantitative estimate of drug-likeness (QED) is 0.514. The summed E-state index contributed by atoms with van der Waals surface area (Å²) in [5.41, 5.74) is 0. The molecule has 1 atom stereocenters. The molecule has 1 aliphatic carbocycles. The average molecular weight is 456 g/mol. The molecule has 2 N–H and O–H groups in total. The number of rotatable bonds is 9. The molecule has 0 aromatic carbocycles. The SMILES string of the molecule is O=C(NCC(=O)N(Cc1ccco1)C(C(=O)NC1CCCC1)c1cccs1)c1ccco1.